The van der Waals surface area contributed by atoms with Crippen molar-refractivity contribution in [3.63, 3.8) is 0 Å². The Morgan fingerprint density at radius 2 is 0.750 bits per heavy atom. The monoisotopic (exact) mass is 456 g/mol. The van der Waals surface area contributed by atoms with Crippen LogP contribution < -0.4 is 0 Å². The Balaban J connectivity index is 0. The predicted octanol–water partition coefficient (Wildman–Crippen LogP) is 8.51. The Morgan fingerprint density at radius 1 is 0.536 bits per heavy atom. The summed E-state index contributed by atoms with van der Waals surface area (Å²) in [6, 6.07) is 0. The molecule has 0 N–H and O–H groups in total. The topological polar surface area (TPSA) is 0 Å². The zero-order valence-corrected chi connectivity index (χ0v) is 23.4. The third-order valence-corrected chi connectivity index (χ3v) is 6.48. The normalized spacial score (nSPS) is 23.0. The van der Waals surface area contributed by atoms with Gasteiger partial charge in [0.2, 0.25) is 0 Å². The average molecular weight is 457 g/mol. The summed E-state index contributed by atoms with van der Waals surface area (Å²) < 4.78 is 0. The number of hydrogen-bond donors (Lipinski definition) is 0. The van der Waals surface area contributed by atoms with Crippen molar-refractivity contribution in [3.8, 4) is 0 Å². The van der Waals surface area contributed by atoms with Crippen LogP contribution in [0.15, 0.2) is 12.2 Å². The van der Waals surface area contributed by atoms with Gasteiger partial charge in [-0.2, -0.15) is 6.42 Å². The van der Waals surface area contributed by atoms with Crippen LogP contribution in [0.25, 0.3) is 0 Å². The smallest absolute Gasteiger partial charge is 0 e. The van der Waals surface area contributed by atoms with Crippen LogP contribution in [0, 0.1) is 66.1 Å². The van der Waals surface area contributed by atoms with Gasteiger partial charge in [-0.3, -0.25) is 0 Å². The summed E-state index contributed by atoms with van der Waals surface area (Å²) in [6.07, 6.45) is 7.73. The van der Waals surface area contributed by atoms with Gasteiger partial charge in [-0.25, -0.2) is 0 Å². The Labute approximate surface area is 205 Å². The van der Waals surface area contributed by atoms with Crippen LogP contribution in [0.2, 0.25) is 0 Å². The van der Waals surface area contributed by atoms with Crippen LogP contribution in [0.4, 0.5) is 0 Å². The third kappa shape index (κ3) is 8.92. The minimum absolute atomic E-state index is 0. The maximum Gasteiger partial charge on any atom is 0 e. The van der Waals surface area contributed by atoms with Crippen molar-refractivity contribution in [2.75, 3.05) is 0 Å². The van der Waals surface area contributed by atoms with E-state index in [-0.39, 0.29) is 32.7 Å². The van der Waals surface area contributed by atoms with Crippen LogP contribution in [0.5, 0.6) is 0 Å². The quantitative estimate of drug-likeness (QED) is 0.227. The number of allylic oxidation sites excluding steroid dienone is 2. The van der Waals surface area contributed by atoms with Crippen molar-refractivity contribution >= 4 is 0 Å². The van der Waals surface area contributed by atoms with Crippen molar-refractivity contribution < 1.29 is 32.7 Å². The Kier molecular flexibility index (Phi) is 17.3. The molecule has 28 heavy (non-hydrogen) atoms. The largest absolute Gasteiger partial charge is 0.343 e. The van der Waals surface area contributed by atoms with Gasteiger partial charge in [0.1, 0.15) is 0 Å². The third-order valence-electron chi connectivity index (χ3n) is 6.48. The molecule has 155 valence electrons. The zero-order valence-electron chi connectivity index (χ0n) is 20.6. The van der Waals surface area contributed by atoms with E-state index >= 15 is 0 Å². The van der Waals surface area contributed by atoms with Crippen LogP contribution in [0.3, 0.4) is 0 Å². The van der Waals surface area contributed by atoms with E-state index in [1.54, 1.807) is 0 Å². The average Bonchev–Trinajstić information content (AvgIpc) is 2.93. The molecule has 2 rings (SSSR count). The molecular weight excluding hydrogens is 413 g/mol. The molecule has 0 bridgehead atoms. The molecule has 0 atom stereocenters. The fourth-order valence-electron chi connectivity index (χ4n) is 3.24. The van der Waals surface area contributed by atoms with E-state index < -0.39 is 0 Å². The molecule has 2 fully saturated rings. The summed E-state index contributed by atoms with van der Waals surface area (Å²) in [6.45, 7) is 27.8. The number of unbranched alkanes of at least 4 members (excludes halogenated alkanes) is 2. The zero-order chi connectivity index (χ0) is 21.3. The van der Waals surface area contributed by atoms with Crippen LogP contribution in [-0.4, -0.2) is 0 Å². The van der Waals surface area contributed by atoms with Crippen molar-refractivity contribution in [1.29, 1.82) is 0 Å². The predicted molar refractivity (Wildman–Crippen MR) is 123 cm³/mol. The summed E-state index contributed by atoms with van der Waals surface area (Å²) in [7, 11) is 0. The van der Waals surface area contributed by atoms with Crippen molar-refractivity contribution in [2.45, 2.75) is 95.4 Å². The molecule has 11 radical (unpaired) electrons. The molecule has 0 aromatic carbocycles. The van der Waals surface area contributed by atoms with E-state index in [4.69, 9.17) is 0 Å². The minimum atomic E-state index is 0. The maximum absolute atomic E-state index is 3.72. The van der Waals surface area contributed by atoms with E-state index in [2.05, 4.69) is 88.3 Å². The molecule has 0 nitrogen and oxygen atoms in total. The summed E-state index contributed by atoms with van der Waals surface area (Å²) >= 11 is 0. The Morgan fingerprint density at radius 3 is 0.893 bits per heavy atom. The van der Waals surface area contributed by atoms with Gasteiger partial charge in [-0.1, -0.05) is 87.8 Å². The second kappa shape index (κ2) is 15.6. The first kappa shape index (κ1) is 31.0. The fraction of sp³-hybridized carbons (Fsp3) is 0.519. The Bertz CT molecular complexity index is 281. The molecule has 0 spiro atoms. The first-order valence-electron chi connectivity index (χ1n) is 10.3. The van der Waals surface area contributed by atoms with Crippen molar-refractivity contribution in [3.05, 3.63) is 78.3 Å². The standard InChI is InChI=1S/2C10H15.C7H13.Y/c2*1-6-7(2)9(4)10(5)8(6)3;1-3-5-7-6-4-2;/h2*1-5H3;4,6H,1,3,5,7H2,2H3;/q;;-1;/b;;6-4+;. The Hall–Kier alpha value is 0.844. The van der Waals surface area contributed by atoms with Gasteiger partial charge in [0, 0.05) is 32.7 Å². The minimum Gasteiger partial charge on any atom is -0.343 e. The molecular formula is C27H43Y-. The molecule has 0 unspecified atom stereocenters. The summed E-state index contributed by atoms with van der Waals surface area (Å²) in [5.74, 6) is 14.7. The van der Waals surface area contributed by atoms with E-state index in [1.807, 2.05) is 6.92 Å². The maximum atomic E-state index is 3.72. The van der Waals surface area contributed by atoms with Gasteiger partial charge in [0.05, 0.1) is 0 Å². The van der Waals surface area contributed by atoms with E-state index in [0.29, 0.717) is 0 Å². The van der Waals surface area contributed by atoms with E-state index in [1.165, 1.54) is 72.0 Å². The molecule has 2 saturated carbocycles. The van der Waals surface area contributed by atoms with Gasteiger partial charge in [-0.05, 0) is 72.5 Å². The van der Waals surface area contributed by atoms with Crippen LogP contribution in [-0.2, 0) is 32.7 Å². The first-order chi connectivity index (χ1) is 12.5. The second-order valence-corrected chi connectivity index (χ2v) is 7.81. The van der Waals surface area contributed by atoms with E-state index in [9.17, 15) is 0 Å². The van der Waals surface area contributed by atoms with Crippen LogP contribution >= 0.6 is 0 Å². The SMILES string of the molecule is C[C]1[C](C)[C](C)[C](C)[C]1C.C[C]1[C](C)[C](C)[C](C)[C]1C.[CH2-]CCC/C=C/C.[Y]. The van der Waals surface area contributed by atoms with Crippen molar-refractivity contribution in [1.82, 2.24) is 0 Å². The van der Waals surface area contributed by atoms with Gasteiger partial charge in [0.25, 0.3) is 0 Å². The van der Waals surface area contributed by atoms with Gasteiger partial charge < -0.3 is 6.92 Å². The van der Waals surface area contributed by atoms with Crippen molar-refractivity contribution in [2.24, 2.45) is 0 Å². The van der Waals surface area contributed by atoms with Gasteiger partial charge in [-0.15, -0.1) is 0 Å². The first-order valence-corrected chi connectivity index (χ1v) is 10.3. The molecule has 0 aliphatic heterocycles. The molecule has 0 saturated heterocycles. The molecule has 0 aromatic heterocycles. The summed E-state index contributed by atoms with van der Waals surface area (Å²) in [5.41, 5.74) is 0. The summed E-state index contributed by atoms with van der Waals surface area (Å²) in [5, 5.41) is 0. The van der Waals surface area contributed by atoms with Crippen LogP contribution in [0.1, 0.15) is 95.4 Å². The molecule has 0 heterocycles. The molecule has 2 aliphatic rings. The van der Waals surface area contributed by atoms with Gasteiger partial charge >= 0.3 is 0 Å². The molecule has 0 aromatic rings. The molecule has 0 amide bonds. The molecule has 2 aliphatic carbocycles. The second-order valence-electron chi connectivity index (χ2n) is 7.81. The van der Waals surface area contributed by atoms with Gasteiger partial charge in [0.15, 0.2) is 0 Å². The fourth-order valence-corrected chi connectivity index (χ4v) is 3.24. The van der Waals surface area contributed by atoms with E-state index in [0.717, 1.165) is 6.42 Å². The number of hydrogen-bond acceptors (Lipinski definition) is 0. The number of rotatable bonds is 3. The summed E-state index contributed by atoms with van der Waals surface area (Å²) in [4.78, 5) is 0. The molecule has 1 heteroatoms.